The van der Waals surface area contributed by atoms with Crippen LogP contribution in [0.5, 0.6) is 0 Å². The molecule has 0 radical (unpaired) electrons. The maximum atomic E-state index is 14.8. The normalized spacial score (nSPS) is 43.2. The number of carbonyl (C=O) groups excluding carboxylic acids is 4. The molecule has 286 valence electrons. The number of ketones is 3. The van der Waals surface area contributed by atoms with Gasteiger partial charge in [0.25, 0.3) is 0 Å². The smallest absolute Gasteiger partial charge is 0.303 e. The van der Waals surface area contributed by atoms with Gasteiger partial charge in [-0.15, -0.1) is 0 Å². The molecule has 4 aliphatic carbocycles. The Morgan fingerprint density at radius 1 is 0.980 bits per heavy atom. The van der Waals surface area contributed by atoms with E-state index in [0.29, 0.717) is 6.42 Å². The Labute approximate surface area is 299 Å². The van der Waals surface area contributed by atoms with Gasteiger partial charge < -0.3 is 44.8 Å². The Morgan fingerprint density at radius 3 is 2.20 bits per heavy atom. The van der Waals surface area contributed by atoms with Gasteiger partial charge >= 0.3 is 5.97 Å². The molecule has 0 aromatic heterocycles. The summed E-state index contributed by atoms with van der Waals surface area (Å²) in [6.45, 7) is 14.5. The maximum absolute atomic E-state index is 14.8. The molecule has 0 bridgehead atoms. The second-order valence-electron chi connectivity index (χ2n) is 17.6. The number of hydrogen-bond acceptors (Lipinski definition) is 13. The molecule has 13 nitrogen and oxygen atoms in total. The summed E-state index contributed by atoms with van der Waals surface area (Å²) in [5, 5.41) is 64.7. The third-order valence-corrected chi connectivity index (χ3v) is 13.7. The van der Waals surface area contributed by atoms with E-state index in [-0.39, 0.29) is 37.2 Å². The summed E-state index contributed by atoms with van der Waals surface area (Å²) in [7, 11) is 0. The zero-order valence-corrected chi connectivity index (χ0v) is 31.1. The number of esters is 1. The summed E-state index contributed by atoms with van der Waals surface area (Å²) in [4.78, 5) is 54.0. The van der Waals surface area contributed by atoms with Crippen molar-refractivity contribution in [1.82, 2.24) is 0 Å². The van der Waals surface area contributed by atoms with Crippen molar-refractivity contribution in [2.24, 2.45) is 39.4 Å². The van der Waals surface area contributed by atoms with Crippen LogP contribution >= 0.6 is 0 Å². The molecule has 0 aromatic carbocycles. The van der Waals surface area contributed by atoms with Crippen LogP contribution in [0, 0.1) is 39.4 Å². The molecule has 1 aliphatic heterocycles. The fourth-order valence-corrected chi connectivity index (χ4v) is 10.6. The first kappa shape index (κ1) is 39.7. The van der Waals surface area contributed by atoms with Gasteiger partial charge in [-0.05, 0) is 76.7 Å². The predicted molar refractivity (Wildman–Crippen MR) is 180 cm³/mol. The molecule has 0 amide bonds. The van der Waals surface area contributed by atoms with Gasteiger partial charge in [0, 0.05) is 37.0 Å². The van der Waals surface area contributed by atoms with Gasteiger partial charge in [-0.1, -0.05) is 32.4 Å². The minimum atomic E-state index is -2.01. The van der Waals surface area contributed by atoms with E-state index in [2.05, 4.69) is 0 Å². The van der Waals surface area contributed by atoms with Crippen molar-refractivity contribution >= 4 is 23.3 Å². The first-order valence-corrected chi connectivity index (χ1v) is 17.9. The van der Waals surface area contributed by atoms with Gasteiger partial charge in [0.15, 0.2) is 11.5 Å². The molecule has 5 rings (SSSR count). The molecule has 1 heterocycles. The first-order valence-electron chi connectivity index (χ1n) is 17.9. The molecule has 0 aromatic rings. The molecular weight excluding hydrogens is 664 g/mol. The molecule has 2 saturated carbocycles. The number of ether oxygens (including phenoxy) is 3. The molecule has 13 heteroatoms. The lowest BCUT2D eigenvalue weighted by molar-refractivity contribution is -0.291. The lowest BCUT2D eigenvalue weighted by Crippen LogP contribution is -2.64. The SMILES string of the molecule is CC(=O)OC(C)(C)CCC(=O)[C@](C)(O)[C@H]1[C@H](O)C[C@@]2(C)[C@@H]3CC=C4[C@@H](C=C(O[C@@H]5O[C@H](CO)[C@@H](O)[C@H](O)[C@H]5O)C(=O)C4(C)C)[C@@]3(C)C(=O)C[C@]12C. The van der Waals surface area contributed by atoms with Crippen LogP contribution in [0.15, 0.2) is 23.5 Å². The Balaban J connectivity index is 1.50. The number of rotatable bonds is 9. The van der Waals surface area contributed by atoms with E-state index >= 15 is 0 Å². The highest BCUT2D eigenvalue weighted by Gasteiger charge is 2.74. The third kappa shape index (κ3) is 5.95. The van der Waals surface area contributed by atoms with Crippen molar-refractivity contribution in [1.29, 1.82) is 0 Å². The van der Waals surface area contributed by atoms with E-state index in [4.69, 9.17) is 14.2 Å². The number of aliphatic hydroxyl groups excluding tert-OH is 5. The van der Waals surface area contributed by atoms with Gasteiger partial charge in [0.2, 0.25) is 12.1 Å². The minimum Gasteiger partial charge on any atom is -0.460 e. The fourth-order valence-electron chi connectivity index (χ4n) is 10.6. The van der Waals surface area contributed by atoms with Gasteiger partial charge in [-0.3, -0.25) is 19.2 Å². The van der Waals surface area contributed by atoms with Crippen LogP contribution in [0.2, 0.25) is 0 Å². The number of aliphatic hydroxyl groups is 6. The van der Waals surface area contributed by atoms with Gasteiger partial charge in [0.05, 0.1) is 18.1 Å². The maximum Gasteiger partial charge on any atom is 0.303 e. The zero-order valence-electron chi connectivity index (χ0n) is 31.1. The Bertz CT molecular complexity index is 1520. The van der Waals surface area contributed by atoms with Gasteiger partial charge in [-0.25, -0.2) is 0 Å². The molecule has 3 fully saturated rings. The van der Waals surface area contributed by atoms with E-state index in [1.54, 1.807) is 33.8 Å². The van der Waals surface area contributed by atoms with Crippen molar-refractivity contribution in [3.05, 3.63) is 23.5 Å². The molecule has 6 N–H and O–H groups in total. The summed E-state index contributed by atoms with van der Waals surface area (Å²) in [5.41, 5.74) is -6.27. The van der Waals surface area contributed by atoms with Crippen LogP contribution in [0.1, 0.15) is 94.4 Å². The van der Waals surface area contributed by atoms with E-state index in [1.165, 1.54) is 13.8 Å². The monoisotopic (exact) mass is 720 g/mol. The summed E-state index contributed by atoms with van der Waals surface area (Å²) in [5.74, 6) is -3.82. The van der Waals surface area contributed by atoms with Crippen molar-refractivity contribution in [3.63, 3.8) is 0 Å². The first-order chi connectivity index (χ1) is 23.3. The molecule has 0 unspecified atom stereocenters. The summed E-state index contributed by atoms with van der Waals surface area (Å²) < 4.78 is 16.8. The highest BCUT2D eigenvalue weighted by molar-refractivity contribution is 6.02. The van der Waals surface area contributed by atoms with Crippen LogP contribution in [-0.4, -0.2) is 109 Å². The molecular formula is C38H56O13. The van der Waals surface area contributed by atoms with Crippen LogP contribution in [-0.2, 0) is 33.4 Å². The van der Waals surface area contributed by atoms with Crippen molar-refractivity contribution in [2.75, 3.05) is 6.61 Å². The molecule has 5 aliphatic rings. The lowest BCUT2D eigenvalue weighted by Gasteiger charge is -2.63. The average molecular weight is 721 g/mol. The van der Waals surface area contributed by atoms with Crippen LogP contribution in [0.25, 0.3) is 0 Å². The Morgan fingerprint density at radius 2 is 1.61 bits per heavy atom. The van der Waals surface area contributed by atoms with Crippen LogP contribution in [0.3, 0.4) is 0 Å². The van der Waals surface area contributed by atoms with E-state index in [0.717, 1.165) is 5.57 Å². The number of fused-ring (bicyclic) bond motifs is 5. The van der Waals surface area contributed by atoms with Crippen LogP contribution in [0.4, 0.5) is 0 Å². The van der Waals surface area contributed by atoms with E-state index < -0.39 is 112 Å². The number of carbonyl (C=O) groups is 4. The number of allylic oxidation sites excluding steroid dienone is 4. The summed E-state index contributed by atoms with van der Waals surface area (Å²) in [6, 6.07) is 0. The summed E-state index contributed by atoms with van der Waals surface area (Å²) in [6.07, 6.45) is -4.93. The average Bonchev–Trinajstić information content (AvgIpc) is 3.22. The Hall–Kier alpha value is -2.52. The van der Waals surface area contributed by atoms with Crippen LogP contribution < -0.4 is 0 Å². The zero-order chi connectivity index (χ0) is 38.4. The van der Waals surface area contributed by atoms with E-state index in [9.17, 15) is 49.8 Å². The highest BCUT2D eigenvalue weighted by Crippen LogP contribution is 2.74. The number of Topliss-reactive ketones (excluding diaryl/α,β-unsaturated/α-hetero) is 3. The molecule has 51 heavy (non-hydrogen) atoms. The largest absolute Gasteiger partial charge is 0.460 e. The second-order valence-corrected chi connectivity index (χ2v) is 17.6. The second kappa shape index (κ2) is 12.8. The molecule has 13 atom stereocenters. The van der Waals surface area contributed by atoms with Crippen molar-refractivity contribution < 1.29 is 64.0 Å². The van der Waals surface area contributed by atoms with Gasteiger partial charge in [0.1, 0.15) is 41.4 Å². The lowest BCUT2D eigenvalue weighted by atomic mass is 9.39. The molecule has 0 spiro atoms. The van der Waals surface area contributed by atoms with Crippen molar-refractivity contribution in [2.45, 2.75) is 142 Å². The minimum absolute atomic E-state index is 0.0600. The fraction of sp³-hybridized carbons (Fsp3) is 0.789. The van der Waals surface area contributed by atoms with Gasteiger partial charge in [-0.2, -0.15) is 0 Å². The number of hydrogen-bond donors (Lipinski definition) is 6. The molecule has 1 saturated heterocycles. The quantitative estimate of drug-likeness (QED) is 0.148. The summed E-state index contributed by atoms with van der Waals surface area (Å²) >= 11 is 0. The predicted octanol–water partition coefficient (Wildman–Crippen LogP) is 1.67. The Kier molecular flexibility index (Phi) is 9.97. The topological polar surface area (TPSA) is 217 Å². The highest BCUT2D eigenvalue weighted by atomic mass is 16.7. The third-order valence-electron chi connectivity index (χ3n) is 13.7. The standard InChI is InChI=1S/C38H56O13/c1-18(40)51-33(2,3)13-12-25(42)38(9,48)30-21(41)15-35(6)24-11-10-19-20(37(24,8)26(43)16-36(30,35)7)14-22(31(47)34(19,4)5)49-32-29(46)28(45)27(44)23(17-39)50-32/h10,14,20-21,23-24,27-30,32,39,41,44-46,48H,11-13,15-17H2,1-9H3/t20-,21-,23-,24+,27-,28+,29-,30+,32-,35+,36-,37-,38+/m1/s1. The van der Waals surface area contributed by atoms with E-state index in [1.807, 2.05) is 26.8 Å². The van der Waals surface area contributed by atoms with Crippen molar-refractivity contribution in [3.8, 4) is 0 Å².